The third kappa shape index (κ3) is 3.30. The summed E-state index contributed by atoms with van der Waals surface area (Å²) in [6, 6.07) is 2.03. The van der Waals surface area contributed by atoms with Crippen molar-refractivity contribution in [2.45, 2.75) is 13.1 Å². The molecule has 0 atom stereocenters. The minimum Gasteiger partial charge on any atom is -0.336 e. The van der Waals surface area contributed by atoms with Crippen LogP contribution in [-0.2, 0) is 17.9 Å². The Morgan fingerprint density at radius 3 is 3.11 bits per heavy atom. The molecule has 0 saturated heterocycles. The number of imidazole rings is 1. The maximum absolute atomic E-state index is 11.8. The fraction of sp³-hybridized carbons (Fsp3) is 0.231. The van der Waals surface area contributed by atoms with Gasteiger partial charge in [-0.1, -0.05) is 6.58 Å². The maximum atomic E-state index is 11.8. The minimum absolute atomic E-state index is 0.0404. The lowest BCUT2D eigenvalue weighted by atomic mass is 10.3. The van der Waals surface area contributed by atoms with Crippen molar-refractivity contribution in [3.8, 4) is 0 Å². The van der Waals surface area contributed by atoms with Gasteiger partial charge in [0, 0.05) is 32.0 Å². The van der Waals surface area contributed by atoms with Crippen LogP contribution >= 0.6 is 11.3 Å². The van der Waals surface area contributed by atoms with Crippen LogP contribution in [0.15, 0.2) is 48.2 Å². The van der Waals surface area contributed by atoms with Crippen molar-refractivity contribution in [1.82, 2.24) is 14.5 Å². The van der Waals surface area contributed by atoms with Gasteiger partial charge < -0.3 is 9.47 Å². The summed E-state index contributed by atoms with van der Waals surface area (Å²) in [6.07, 6.45) is 6.74. The van der Waals surface area contributed by atoms with Gasteiger partial charge in [0.05, 0.1) is 6.33 Å². The van der Waals surface area contributed by atoms with Crippen LogP contribution in [-0.4, -0.2) is 26.9 Å². The quantitative estimate of drug-likeness (QED) is 0.747. The molecule has 0 aliphatic rings. The Morgan fingerprint density at radius 2 is 2.50 bits per heavy atom. The number of hydrogen-bond acceptors (Lipinski definition) is 3. The first-order valence-corrected chi connectivity index (χ1v) is 6.62. The van der Waals surface area contributed by atoms with Gasteiger partial charge in [0.2, 0.25) is 5.91 Å². The Morgan fingerprint density at radius 1 is 1.61 bits per heavy atom. The molecule has 0 bridgehead atoms. The van der Waals surface area contributed by atoms with Crippen molar-refractivity contribution in [2.24, 2.45) is 0 Å². The lowest BCUT2D eigenvalue weighted by molar-refractivity contribution is -0.126. The monoisotopic (exact) mass is 261 g/mol. The van der Waals surface area contributed by atoms with Crippen molar-refractivity contribution >= 4 is 17.2 Å². The number of thiophene rings is 1. The summed E-state index contributed by atoms with van der Waals surface area (Å²) in [5, 5.41) is 4.07. The second-order valence-corrected chi connectivity index (χ2v) is 4.68. The smallest absolute Gasteiger partial charge is 0.246 e. The molecule has 0 aromatic carbocycles. The van der Waals surface area contributed by atoms with Crippen molar-refractivity contribution in [3.63, 3.8) is 0 Å². The minimum atomic E-state index is -0.0404. The fourth-order valence-corrected chi connectivity index (χ4v) is 2.31. The largest absolute Gasteiger partial charge is 0.336 e. The first-order valence-electron chi connectivity index (χ1n) is 5.68. The molecule has 94 valence electrons. The van der Waals surface area contributed by atoms with E-state index in [0.717, 1.165) is 12.1 Å². The van der Waals surface area contributed by atoms with Crippen LogP contribution in [0.5, 0.6) is 0 Å². The average Bonchev–Trinajstić information content (AvgIpc) is 3.06. The van der Waals surface area contributed by atoms with E-state index in [-0.39, 0.29) is 5.91 Å². The SMILES string of the molecule is C=CC(=O)N(CCn1ccnc1)Cc1ccsc1. The van der Waals surface area contributed by atoms with Crippen molar-refractivity contribution in [3.05, 3.63) is 53.8 Å². The molecule has 0 unspecified atom stereocenters. The number of amides is 1. The summed E-state index contributed by atoms with van der Waals surface area (Å²) >= 11 is 1.64. The normalized spacial score (nSPS) is 10.2. The van der Waals surface area contributed by atoms with Crippen molar-refractivity contribution in [2.75, 3.05) is 6.54 Å². The highest BCUT2D eigenvalue weighted by atomic mass is 32.1. The highest BCUT2D eigenvalue weighted by Gasteiger charge is 2.10. The van der Waals surface area contributed by atoms with Gasteiger partial charge in [-0.2, -0.15) is 11.3 Å². The Balaban J connectivity index is 1.96. The molecule has 0 radical (unpaired) electrons. The molecule has 2 heterocycles. The van der Waals surface area contributed by atoms with Crippen LogP contribution in [0.2, 0.25) is 0 Å². The van der Waals surface area contributed by atoms with Gasteiger partial charge in [0.1, 0.15) is 0 Å². The predicted octanol–water partition coefficient (Wildman–Crippen LogP) is 2.16. The average molecular weight is 261 g/mol. The van der Waals surface area contributed by atoms with E-state index in [4.69, 9.17) is 0 Å². The summed E-state index contributed by atoms with van der Waals surface area (Å²) < 4.78 is 1.96. The third-order valence-corrected chi connectivity index (χ3v) is 3.36. The molecule has 5 heteroatoms. The summed E-state index contributed by atoms with van der Waals surface area (Å²) in [5.74, 6) is -0.0404. The molecule has 18 heavy (non-hydrogen) atoms. The molecular weight excluding hydrogens is 246 g/mol. The zero-order valence-electron chi connectivity index (χ0n) is 10.0. The second-order valence-electron chi connectivity index (χ2n) is 3.90. The van der Waals surface area contributed by atoms with Crippen LogP contribution in [0.1, 0.15) is 5.56 Å². The Hall–Kier alpha value is -1.88. The van der Waals surface area contributed by atoms with Gasteiger partial charge >= 0.3 is 0 Å². The summed E-state index contributed by atoms with van der Waals surface area (Å²) in [4.78, 5) is 17.6. The summed E-state index contributed by atoms with van der Waals surface area (Å²) in [7, 11) is 0. The van der Waals surface area contributed by atoms with E-state index in [9.17, 15) is 4.79 Å². The molecule has 0 spiro atoms. The highest BCUT2D eigenvalue weighted by molar-refractivity contribution is 7.07. The van der Waals surface area contributed by atoms with E-state index in [2.05, 4.69) is 16.9 Å². The standard InChI is InChI=1S/C13H15N3OS/c1-2-13(17)16(9-12-3-8-18-10-12)7-6-15-5-4-14-11-15/h2-5,8,10-11H,1,6-7,9H2. The van der Waals surface area contributed by atoms with Crippen molar-refractivity contribution in [1.29, 1.82) is 0 Å². The van der Waals surface area contributed by atoms with Crippen LogP contribution in [0.25, 0.3) is 0 Å². The molecule has 0 saturated carbocycles. The number of nitrogens with zero attached hydrogens (tertiary/aromatic N) is 3. The Labute approximate surface area is 110 Å². The first kappa shape index (κ1) is 12.6. The van der Waals surface area contributed by atoms with Gasteiger partial charge in [-0.3, -0.25) is 4.79 Å². The predicted molar refractivity (Wildman–Crippen MR) is 72.2 cm³/mol. The Kier molecular flexibility index (Phi) is 4.30. The molecule has 2 aromatic heterocycles. The molecule has 2 aromatic rings. The number of carbonyl (C=O) groups excluding carboxylic acids is 1. The van der Waals surface area contributed by atoms with E-state index >= 15 is 0 Å². The van der Waals surface area contributed by atoms with Gasteiger partial charge in [-0.05, 0) is 28.5 Å². The van der Waals surface area contributed by atoms with E-state index in [1.165, 1.54) is 6.08 Å². The number of rotatable bonds is 6. The van der Waals surface area contributed by atoms with Crippen LogP contribution < -0.4 is 0 Å². The maximum Gasteiger partial charge on any atom is 0.246 e. The highest BCUT2D eigenvalue weighted by Crippen LogP contribution is 2.10. The van der Waals surface area contributed by atoms with Crippen LogP contribution in [0, 0.1) is 0 Å². The van der Waals surface area contributed by atoms with Gasteiger partial charge in [0.25, 0.3) is 0 Å². The molecule has 0 fully saturated rings. The second kappa shape index (κ2) is 6.16. The van der Waals surface area contributed by atoms with E-state index in [1.54, 1.807) is 28.8 Å². The summed E-state index contributed by atoms with van der Waals surface area (Å²) in [6.45, 7) is 5.57. The van der Waals surface area contributed by atoms with E-state index in [0.29, 0.717) is 13.1 Å². The molecule has 1 amide bonds. The molecule has 0 aliphatic heterocycles. The van der Waals surface area contributed by atoms with Gasteiger partial charge in [-0.15, -0.1) is 0 Å². The molecule has 0 N–H and O–H groups in total. The third-order valence-electron chi connectivity index (χ3n) is 2.63. The van der Waals surface area contributed by atoms with E-state index in [1.807, 2.05) is 22.2 Å². The topological polar surface area (TPSA) is 38.1 Å². The Bertz CT molecular complexity index is 490. The molecular formula is C13H15N3OS. The lowest BCUT2D eigenvalue weighted by Crippen LogP contribution is -2.31. The molecule has 4 nitrogen and oxygen atoms in total. The van der Waals surface area contributed by atoms with E-state index < -0.39 is 0 Å². The number of hydrogen-bond donors (Lipinski definition) is 0. The lowest BCUT2D eigenvalue weighted by Gasteiger charge is -2.20. The first-order chi connectivity index (χ1) is 8.79. The fourth-order valence-electron chi connectivity index (χ4n) is 1.65. The zero-order chi connectivity index (χ0) is 12.8. The number of aromatic nitrogens is 2. The van der Waals surface area contributed by atoms with Gasteiger partial charge in [0.15, 0.2) is 0 Å². The van der Waals surface area contributed by atoms with Crippen LogP contribution in [0.3, 0.4) is 0 Å². The zero-order valence-corrected chi connectivity index (χ0v) is 10.8. The summed E-state index contributed by atoms with van der Waals surface area (Å²) in [5.41, 5.74) is 1.15. The van der Waals surface area contributed by atoms with Crippen LogP contribution in [0.4, 0.5) is 0 Å². The number of carbonyl (C=O) groups is 1. The van der Waals surface area contributed by atoms with Crippen molar-refractivity contribution < 1.29 is 4.79 Å². The molecule has 2 rings (SSSR count). The van der Waals surface area contributed by atoms with Gasteiger partial charge in [-0.25, -0.2) is 4.98 Å². The molecule has 0 aliphatic carbocycles.